The molecule has 0 spiro atoms. The van der Waals surface area contributed by atoms with Crippen LogP contribution in [0.3, 0.4) is 0 Å². The molecule has 4 aromatic heterocycles. The second-order valence-corrected chi connectivity index (χ2v) is 38.4. The number of aliphatic hydroxyl groups is 2. The van der Waals surface area contributed by atoms with E-state index >= 15 is 0 Å². The van der Waals surface area contributed by atoms with Crippen LogP contribution in [0.5, 0.6) is 0 Å². The van der Waals surface area contributed by atoms with Gasteiger partial charge in [-0.25, -0.2) is 19.9 Å². The van der Waals surface area contributed by atoms with Crippen molar-refractivity contribution in [3.63, 3.8) is 0 Å². The molecular weight excluding hydrogens is 1760 g/mol. The van der Waals surface area contributed by atoms with Crippen LogP contribution in [0.1, 0.15) is 25.7 Å². The number of hydrogen-bond acceptors (Lipinski definition) is 40. The van der Waals surface area contributed by atoms with E-state index in [1.807, 2.05) is 24.3 Å². The van der Waals surface area contributed by atoms with E-state index in [-0.39, 0.29) is 13.2 Å². The molecule has 8 fully saturated rings. The summed E-state index contributed by atoms with van der Waals surface area (Å²) in [5.74, 6) is 3.98. The van der Waals surface area contributed by atoms with Gasteiger partial charge in [0, 0.05) is 301 Å². The van der Waals surface area contributed by atoms with Gasteiger partial charge in [0.05, 0.1) is 216 Å². The van der Waals surface area contributed by atoms with Crippen LogP contribution in [-0.2, 0) is 47.4 Å². The van der Waals surface area contributed by atoms with E-state index in [1.54, 1.807) is 24.8 Å². The number of rotatable bonds is 52. The van der Waals surface area contributed by atoms with Gasteiger partial charge in [0.2, 0.25) is 0 Å². The number of nitrogens with two attached hydrogens (primary N) is 4. The van der Waals surface area contributed by atoms with Crippen LogP contribution in [0.2, 0.25) is 0 Å². The van der Waals surface area contributed by atoms with Gasteiger partial charge in [-0.3, -0.25) is 39.2 Å². The van der Waals surface area contributed by atoms with Crippen molar-refractivity contribution < 1.29 is 57.6 Å². The molecule has 0 amide bonds. The maximum Gasteiger partial charge on any atom is 0.152 e. The molecule has 0 saturated carbocycles. The summed E-state index contributed by atoms with van der Waals surface area (Å²) in [6.45, 7) is 65.6. The number of ether oxygens (including phenoxy) is 10. The largest absolute Gasteiger partial charge is 0.397 e. The molecule has 12 aliphatic heterocycles. The lowest BCUT2D eigenvalue weighted by Crippen LogP contribution is -2.48. The molecule has 0 aliphatic carbocycles. The van der Waals surface area contributed by atoms with Gasteiger partial charge in [0.25, 0.3) is 0 Å². The quantitative estimate of drug-likeness (QED) is 0.0314. The molecule has 0 bridgehead atoms. The number of fused-ring (bicyclic) bond motifs is 4. The fourth-order valence-electron chi connectivity index (χ4n) is 19.7. The lowest BCUT2D eigenvalue weighted by Gasteiger charge is -2.38. The molecule has 16 rings (SSSR count). The molecule has 16 heterocycles. The number of morpholine rings is 2. The first kappa shape index (κ1) is 108. The van der Waals surface area contributed by atoms with Crippen molar-refractivity contribution in [3.8, 4) is 0 Å². The fourth-order valence-corrected chi connectivity index (χ4v) is 19.7. The first-order valence-electron chi connectivity index (χ1n) is 52.4. The average molecular weight is 1940 g/mol. The van der Waals surface area contributed by atoms with Crippen LogP contribution >= 0.6 is 0 Å². The number of aromatic nitrogens is 4. The third kappa shape index (κ3) is 37.8. The highest BCUT2D eigenvalue weighted by molar-refractivity contribution is 5.76. The molecule has 0 radical (unpaired) electrons. The molecular formula is C98H176N28O12. The van der Waals surface area contributed by atoms with Crippen LogP contribution in [0, 0.1) is 0 Å². The fraction of sp³-hybridized carbons (Fsp3) is 0.796. The highest BCUT2D eigenvalue weighted by Crippen LogP contribution is 2.37. The molecule has 8 saturated heterocycles. The van der Waals surface area contributed by atoms with Gasteiger partial charge in [-0.2, -0.15) is 0 Å². The van der Waals surface area contributed by atoms with Gasteiger partial charge in [0.1, 0.15) is 0 Å². The summed E-state index contributed by atoms with van der Waals surface area (Å²) >= 11 is 0. The Morgan fingerprint density at radius 1 is 0.225 bits per heavy atom. The van der Waals surface area contributed by atoms with Crippen molar-refractivity contribution in [2.45, 2.75) is 25.7 Å². The zero-order valence-electron chi connectivity index (χ0n) is 84.4. The van der Waals surface area contributed by atoms with Crippen molar-refractivity contribution >= 4 is 68.8 Å². The molecule has 12 aliphatic rings. The Bertz CT molecular complexity index is 3920. The summed E-state index contributed by atoms with van der Waals surface area (Å²) in [6.07, 6.45) is 12.3. The number of likely N-dealkylation sites (N-methyl/N-ethyl adjacent to an activating group) is 2. The molecule has 138 heavy (non-hydrogen) atoms. The molecule has 0 unspecified atom stereocenters. The second-order valence-electron chi connectivity index (χ2n) is 38.4. The minimum Gasteiger partial charge on any atom is -0.397 e. The van der Waals surface area contributed by atoms with Gasteiger partial charge < -0.3 is 139 Å². The maximum atomic E-state index is 9.09. The summed E-state index contributed by atoms with van der Waals surface area (Å²) in [5, 5.41) is 18.2. The summed E-state index contributed by atoms with van der Waals surface area (Å²) in [7, 11) is 4.38. The average Bonchev–Trinajstić information content (AvgIpc) is 1.02. The van der Waals surface area contributed by atoms with Crippen LogP contribution in [0.25, 0.3) is 0 Å². The van der Waals surface area contributed by atoms with E-state index in [9.17, 15) is 0 Å². The van der Waals surface area contributed by atoms with Crippen LogP contribution in [0.4, 0.5) is 68.8 Å². The number of piperazine rings is 4. The monoisotopic (exact) mass is 1940 g/mol. The van der Waals surface area contributed by atoms with Gasteiger partial charge >= 0.3 is 0 Å². The van der Waals surface area contributed by atoms with E-state index in [1.165, 1.54) is 51.9 Å². The topological polar surface area (TPSA) is 353 Å². The Morgan fingerprint density at radius 3 is 0.616 bits per heavy atom. The summed E-state index contributed by atoms with van der Waals surface area (Å²) in [4.78, 5) is 66.3. The van der Waals surface area contributed by atoms with Crippen molar-refractivity contribution in [3.05, 3.63) is 49.1 Å². The lowest BCUT2D eigenvalue weighted by molar-refractivity contribution is 0.0209. The van der Waals surface area contributed by atoms with Gasteiger partial charge in [0.15, 0.2) is 23.3 Å². The van der Waals surface area contributed by atoms with Gasteiger partial charge in [-0.1, -0.05) is 0 Å². The van der Waals surface area contributed by atoms with Crippen LogP contribution in [-0.4, -0.2) is 576 Å². The predicted octanol–water partition coefficient (Wildman–Crippen LogP) is -0.136. The number of hydrogen-bond donors (Lipinski definition) is 6. The van der Waals surface area contributed by atoms with Crippen molar-refractivity contribution in [2.24, 2.45) is 0 Å². The highest BCUT2D eigenvalue weighted by atomic mass is 16.5. The van der Waals surface area contributed by atoms with Gasteiger partial charge in [-0.05, 0) is 90.2 Å². The zero-order valence-corrected chi connectivity index (χ0v) is 84.4. The first-order valence-corrected chi connectivity index (χ1v) is 52.4. The zero-order chi connectivity index (χ0) is 95.8. The summed E-state index contributed by atoms with van der Waals surface area (Å²) in [6, 6.07) is 8.15. The molecule has 0 aromatic carbocycles. The molecule has 780 valence electrons. The first-order chi connectivity index (χ1) is 67.8. The number of anilines is 12. The third-order valence-corrected chi connectivity index (χ3v) is 28.6. The Morgan fingerprint density at radius 2 is 0.399 bits per heavy atom. The van der Waals surface area contributed by atoms with Crippen LogP contribution < -0.4 is 62.1 Å². The number of likely N-dealkylation sites (tertiary alicyclic amines) is 2. The molecule has 40 heteroatoms. The minimum atomic E-state index is 0.237. The predicted molar refractivity (Wildman–Crippen MR) is 553 cm³/mol. The lowest BCUT2D eigenvalue weighted by atomic mass is 10.2. The number of aliphatic hydroxyl groups excluding tert-OH is 2. The molecule has 40 nitrogen and oxygen atoms in total. The highest BCUT2D eigenvalue weighted by Gasteiger charge is 2.31. The Labute approximate surface area is 824 Å². The van der Waals surface area contributed by atoms with E-state index in [0.717, 1.165) is 446 Å². The Kier molecular flexibility index (Phi) is 48.8. The number of nitrogens with zero attached hydrogens (tertiary/aromatic N) is 24. The van der Waals surface area contributed by atoms with E-state index in [4.69, 9.17) is 80.5 Å². The Hall–Kier alpha value is -6.76. The SMILES string of the molecule is CN1CCN(CCOCCN2CCN(CCOCCN3CCN(C)CC3)c3ncc(N)cc32)CC1.Nc1cnc2c(c1)N(CCOCCN1CCCC1)CCN2CCOCCN1CCCC1.Nc1cnc2c(c1)N(CCOCCN1CCN(CCO)CC1)CCN2CCOCCN1CCN(CCO)CC1.Nc1cnc2c(c1)N(CCOCCN1CCOCC1)CCN2CCOCCN1CCOCC1. The van der Waals surface area contributed by atoms with Gasteiger partial charge in [-0.15, -0.1) is 0 Å². The standard InChI is InChI=1S/C27H50N8O4.C25H46N8O2.C23H40N6O4.C23H40N6O2/c28-25-23-26-27(29-24-25)35(16-22-39-20-14-33-7-3-31(4-8-33)12-18-37)10-9-34(26)15-21-38-19-13-32-5-1-30(2-6-32)11-17-36;1-28-3-7-30(8-4-28)13-17-34-19-15-32-11-12-33(25-24(32)21-23(26)22-27-25)16-20-35-18-14-31-9-5-29(2)6-10-31;24-21-19-22-23(25-20-21)29(10-18-33-16-8-27-5-13-31-14-6-27)2-1-28(22)9-17-32-15-7-26-3-11-30-12-4-26;24-21-19-22-23(25-20-21)29(14-18-31-16-12-27-7-3-4-8-27)10-9-28(22)13-17-30-15-11-26-5-1-2-6-26/h23-24,36-37H,1-22,28H2;21-22H,3-20,26H2,1-2H3;19-20H,1-18,24H2;19-20H,1-18,24H2. The minimum absolute atomic E-state index is 0.237. The van der Waals surface area contributed by atoms with Crippen LogP contribution in [0.15, 0.2) is 49.1 Å². The molecule has 4 aromatic rings. The number of nitrogen functional groups attached to an aromatic ring is 4. The summed E-state index contributed by atoms with van der Waals surface area (Å²) in [5.41, 5.74) is 31.5. The van der Waals surface area contributed by atoms with E-state index in [0.29, 0.717) is 55.8 Å². The van der Waals surface area contributed by atoms with Crippen molar-refractivity contribution in [2.75, 3.05) is 549 Å². The third-order valence-electron chi connectivity index (χ3n) is 28.6. The Balaban J connectivity index is 0.000000156. The maximum absolute atomic E-state index is 9.09. The second kappa shape index (κ2) is 62.0. The van der Waals surface area contributed by atoms with Crippen molar-refractivity contribution in [1.29, 1.82) is 0 Å². The van der Waals surface area contributed by atoms with E-state index in [2.05, 4.69) is 132 Å². The summed E-state index contributed by atoms with van der Waals surface area (Å²) < 4.78 is 58.5. The van der Waals surface area contributed by atoms with E-state index < -0.39 is 0 Å². The van der Waals surface area contributed by atoms with Crippen molar-refractivity contribution in [1.82, 2.24) is 78.7 Å². The molecule has 0 atom stereocenters. The normalized spacial score (nSPS) is 20.3. The smallest absolute Gasteiger partial charge is 0.152 e. The number of β-amino-alcohol motifs (C(OH)–C–C–N with tert-alkyl or cyclic N) is 2. The molecule has 10 N–H and O–H groups in total. The number of pyridine rings is 4.